The van der Waals surface area contributed by atoms with Gasteiger partial charge in [-0.1, -0.05) is 40.2 Å². The predicted octanol–water partition coefficient (Wildman–Crippen LogP) is 3.79. The fourth-order valence-corrected chi connectivity index (χ4v) is 3.16. The predicted molar refractivity (Wildman–Crippen MR) is 82.7 cm³/mol. The molecule has 4 heteroatoms. The van der Waals surface area contributed by atoms with Crippen molar-refractivity contribution in [3.63, 3.8) is 0 Å². The number of pyridine rings is 1. The van der Waals surface area contributed by atoms with Crippen LogP contribution in [0.3, 0.4) is 0 Å². The molecule has 20 heavy (non-hydrogen) atoms. The molecule has 1 aromatic heterocycles. The first-order valence-electron chi connectivity index (χ1n) is 6.19. The number of ketones is 1. The summed E-state index contributed by atoms with van der Waals surface area (Å²) in [7, 11) is 0. The summed E-state index contributed by atoms with van der Waals surface area (Å²) in [6.07, 6.45) is 0. The molecule has 0 bridgehead atoms. The van der Waals surface area contributed by atoms with E-state index in [0.29, 0.717) is 16.9 Å². The van der Waals surface area contributed by atoms with Gasteiger partial charge in [-0.3, -0.25) is 4.79 Å². The Morgan fingerprint density at radius 1 is 1.00 bits per heavy atom. The molecule has 0 saturated carbocycles. The summed E-state index contributed by atoms with van der Waals surface area (Å²) < 4.78 is 0.954. The number of hydrogen-bond acceptors (Lipinski definition) is 3. The van der Waals surface area contributed by atoms with E-state index in [-0.39, 0.29) is 5.78 Å². The van der Waals surface area contributed by atoms with Gasteiger partial charge < -0.3 is 5.73 Å². The number of halogens is 1. The van der Waals surface area contributed by atoms with Gasteiger partial charge in [0.2, 0.25) is 0 Å². The summed E-state index contributed by atoms with van der Waals surface area (Å²) in [5, 5.41) is 0.946. The van der Waals surface area contributed by atoms with Crippen molar-refractivity contribution >= 4 is 38.4 Å². The molecule has 1 heterocycles. The molecule has 3 nitrogen and oxygen atoms in total. The Bertz CT molecular complexity index is 902. The summed E-state index contributed by atoms with van der Waals surface area (Å²) in [6, 6.07) is 13.4. The van der Waals surface area contributed by atoms with Crippen LogP contribution < -0.4 is 5.73 Å². The van der Waals surface area contributed by atoms with E-state index in [1.54, 1.807) is 0 Å². The van der Waals surface area contributed by atoms with Gasteiger partial charge in [-0.05, 0) is 23.8 Å². The maximum absolute atomic E-state index is 12.5. The molecule has 2 N–H and O–H groups in total. The number of nitrogen functional groups attached to an aromatic ring is 1. The Labute approximate surface area is 123 Å². The van der Waals surface area contributed by atoms with Crippen LogP contribution in [0.15, 0.2) is 46.9 Å². The van der Waals surface area contributed by atoms with Gasteiger partial charge >= 0.3 is 0 Å². The molecule has 0 spiro atoms. The third-order valence-corrected chi connectivity index (χ3v) is 4.14. The number of nitrogens with two attached hydrogens (primary N) is 1. The average Bonchev–Trinajstić information content (AvgIpc) is 2.75. The van der Waals surface area contributed by atoms with Gasteiger partial charge in [0.05, 0.1) is 11.1 Å². The largest absolute Gasteiger partial charge is 0.383 e. The van der Waals surface area contributed by atoms with Crippen LogP contribution in [-0.2, 0) is 0 Å². The highest BCUT2D eigenvalue weighted by atomic mass is 79.9. The highest BCUT2D eigenvalue weighted by Gasteiger charge is 2.31. The van der Waals surface area contributed by atoms with Gasteiger partial charge in [0.1, 0.15) is 5.82 Å². The Morgan fingerprint density at radius 2 is 1.75 bits per heavy atom. The summed E-state index contributed by atoms with van der Waals surface area (Å²) in [5.41, 5.74) is 9.86. The van der Waals surface area contributed by atoms with Crippen molar-refractivity contribution in [3.05, 3.63) is 58.1 Å². The van der Waals surface area contributed by atoms with E-state index < -0.39 is 0 Å². The number of rotatable bonds is 0. The van der Waals surface area contributed by atoms with E-state index >= 15 is 0 Å². The zero-order chi connectivity index (χ0) is 13.9. The molecule has 3 aromatic rings. The van der Waals surface area contributed by atoms with E-state index in [9.17, 15) is 4.79 Å². The third kappa shape index (κ3) is 1.40. The molecule has 0 unspecified atom stereocenters. The van der Waals surface area contributed by atoms with Gasteiger partial charge in [-0.2, -0.15) is 0 Å². The summed E-state index contributed by atoms with van der Waals surface area (Å²) in [6.45, 7) is 0. The number of aromatic nitrogens is 1. The number of carbonyl (C=O) groups is 1. The molecular formula is C16H9BrN2O. The first-order valence-corrected chi connectivity index (χ1v) is 6.99. The van der Waals surface area contributed by atoms with Crippen molar-refractivity contribution in [3.8, 4) is 11.1 Å². The number of hydrogen-bond donors (Lipinski definition) is 1. The second-order valence-corrected chi connectivity index (χ2v) is 5.70. The quantitative estimate of drug-likeness (QED) is 0.535. The zero-order valence-corrected chi connectivity index (χ0v) is 11.9. The van der Waals surface area contributed by atoms with Gasteiger partial charge in [0.15, 0.2) is 5.78 Å². The van der Waals surface area contributed by atoms with Gasteiger partial charge in [-0.25, -0.2) is 4.98 Å². The lowest BCUT2D eigenvalue weighted by Crippen LogP contribution is -2.03. The van der Waals surface area contributed by atoms with Gasteiger partial charge in [0, 0.05) is 21.0 Å². The lowest BCUT2D eigenvalue weighted by molar-refractivity contribution is 0.104. The minimum absolute atomic E-state index is 0.0394. The maximum Gasteiger partial charge on any atom is 0.198 e. The van der Waals surface area contributed by atoms with E-state index in [4.69, 9.17) is 5.73 Å². The standard InChI is InChI=1S/C16H9BrN2O/c17-8-5-6-12-11(7-8)13-9-3-1-2-4-10(9)15(20)14(13)16(18)19-12/h1-7H,(H2,18,19). The first kappa shape index (κ1) is 11.6. The Kier molecular flexibility index (Phi) is 2.26. The van der Waals surface area contributed by atoms with E-state index in [0.717, 1.165) is 26.5 Å². The molecule has 0 amide bonds. The normalized spacial score (nSPS) is 12.6. The molecule has 0 saturated heterocycles. The first-order chi connectivity index (χ1) is 9.66. The Hall–Kier alpha value is -2.20. The minimum atomic E-state index is -0.0394. The lowest BCUT2D eigenvalue weighted by Gasteiger charge is -2.08. The summed E-state index contributed by atoms with van der Waals surface area (Å²) in [5.74, 6) is 0.262. The van der Waals surface area contributed by atoms with Gasteiger partial charge in [-0.15, -0.1) is 0 Å². The van der Waals surface area contributed by atoms with Gasteiger partial charge in [0.25, 0.3) is 0 Å². The van der Waals surface area contributed by atoms with Crippen LogP contribution in [0.25, 0.3) is 22.0 Å². The number of benzene rings is 2. The maximum atomic E-state index is 12.5. The van der Waals surface area contributed by atoms with Crippen LogP contribution in [-0.4, -0.2) is 10.8 Å². The van der Waals surface area contributed by atoms with Crippen LogP contribution in [0.5, 0.6) is 0 Å². The van der Waals surface area contributed by atoms with Crippen molar-refractivity contribution < 1.29 is 4.79 Å². The topological polar surface area (TPSA) is 56.0 Å². The van der Waals surface area contributed by atoms with Crippen LogP contribution in [0.4, 0.5) is 5.82 Å². The molecule has 0 atom stereocenters. The van der Waals surface area contributed by atoms with Crippen molar-refractivity contribution in [2.45, 2.75) is 0 Å². The third-order valence-electron chi connectivity index (χ3n) is 3.64. The van der Waals surface area contributed by atoms with Crippen LogP contribution in [0.2, 0.25) is 0 Å². The second kappa shape index (κ2) is 3.90. The molecular weight excluding hydrogens is 316 g/mol. The molecule has 2 aromatic carbocycles. The van der Waals surface area contributed by atoms with Crippen LogP contribution in [0.1, 0.15) is 15.9 Å². The highest BCUT2D eigenvalue weighted by molar-refractivity contribution is 9.10. The van der Waals surface area contributed by atoms with Crippen molar-refractivity contribution in [1.29, 1.82) is 0 Å². The van der Waals surface area contributed by atoms with Crippen molar-refractivity contribution in [2.24, 2.45) is 0 Å². The zero-order valence-electron chi connectivity index (χ0n) is 10.4. The SMILES string of the molecule is Nc1nc2ccc(Br)cc2c2c1C(=O)c1ccccc1-2. The molecule has 96 valence electrons. The highest BCUT2D eigenvalue weighted by Crippen LogP contribution is 2.43. The minimum Gasteiger partial charge on any atom is -0.383 e. The Balaban J connectivity index is 2.25. The molecule has 0 radical (unpaired) electrons. The van der Waals surface area contributed by atoms with E-state index in [1.807, 2.05) is 42.5 Å². The molecule has 0 aliphatic heterocycles. The number of fused-ring (bicyclic) bond motifs is 5. The smallest absolute Gasteiger partial charge is 0.198 e. The summed E-state index contributed by atoms with van der Waals surface area (Å²) >= 11 is 3.47. The van der Waals surface area contributed by atoms with Crippen molar-refractivity contribution in [2.75, 3.05) is 5.73 Å². The van der Waals surface area contributed by atoms with Crippen molar-refractivity contribution in [1.82, 2.24) is 4.98 Å². The van der Waals surface area contributed by atoms with Crippen LogP contribution >= 0.6 is 15.9 Å². The van der Waals surface area contributed by atoms with Crippen LogP contribution in [0, 0.1) is 0 Å². The Morgan fingerprint density at radius 3 is 2.55 bits per heavy atom. The van der Waals surface area contributed by atoms with E-state index in [1.165, 1.54) is 0 Å². The number of carbonyl (C=O) groups excluding carboxylic acids is 1. The average molecular weight is 325 g/mol. The molecule has 0 fully saturated rings. The summed E-state index contributed by atoms with van der Waals surface area (Å²) in [4.78, 5) is 16.9. The number of anilines is 1. The second-order valence-electron chi connectivity index (χ2n) is 4.78. The molecule has 1 aliphatic rings. The fraction of sp³-hybridized carbons (Fsp3) is 0. The van der Waals surface area contributed by atoms with E-state index in [2.05, 4.69) is 20.9 Å². The monoisotopic (exact) mass is 324 g/mol. The lowest BCUT2D eigenvalue weighted by atomic mass is 10.0. The molecule has 1 aliphatic carbocycles. The fourth-order valence-electron chi connectivity index (χ4n) is 2.80. The number of nitrogens with zero attached hydrogens (tertiary/aromatic N) is 1. The molecule has 4 rings (SSSR count).